The number of aryl methyl sites for hydroxylation is 2. The van der Waals surface area contributed by atoms with Crippen LogP contribution in [0.1, 0.15) is 282 Å². The van der Waals surface area contributed by atoms with Crippen molar-refractivity contribution >= 4 is 0 Å². The second-order valence-electron chi connectivity index (χ2n) is 18.3. The van der Waals surface area contributed by atoms with Crippen LogP contribution in [0.15, 0.2) is 48.5 Å². The first-order valence-electron chi connectivity index (χ1n) is 26.2. The Balaban J connectivity index is 1.33. The van der Waals surface area contributed by atoms with Crippen LogP contribution in [0, 0.1) is 0 Å². The molecule has 0 atom stereocenters. The van der Waals surface area contributed by atoms with Gasteiger partial charge in [-0.05, 0) is 61.1 Å². The molecule has 0 amide bonds. The van der Waals surface area contributed by atoms with Crippen molar-refractivity contribution in [3.05, 3.63) is 59.7 Å². The smallest absolute Gasteiger partial charge is 0.127 e. The van der Waals surface area contributed by atoms with E-state index < -0.39 is 0 Å². The molecule has 57 heavy (non-hydrogen) atoms. The van der Waals surface area contributed by atoms with Crippen LogP contribution in [0.2, 0.25) is 0 Å². The highest BCUT2D eigenvalue weighted by atomic mass is 16.5. The summed E-state index contributed by atoms with van der Waals surface area (Å²) in [4.78, 5) is 0. The Morgan fingerprint density at radius 1 is 0.228 bits per heavy atom. The van der Waals surface area contributed by atoms with Gasteiger partial charge in [0.05, 0.1) is 0 Å². The number of hydrogen-bond acceptors (Lipinski definition) is 1. The van der Waals surface area contributed by atoms with Crippen molar-refractivity contribution in [1.29, 1.82) is 0 Å². The zero-order valence-corrected chi connectivity index (χ0v) is 38.7. The average Bonchev–Trinajstić information content (AvgIpc) is 3.23. The van der Waals surface area contributed by atoms with Crippen LogP contribution in [0.4, 0.5) is 0 Å². The van der Waals surface area contributed by atoms with Gasteiger partial charge in [-0.2, -0.15) is 0 Å². The molecule has 0 unspecified atom stereocenters. The maximum Gasteiger partial charge on any atom is 0.127 e. The van der Waals surface area contributed by atoms with Crippen LogP contribution < -0.4 is 4.74 Å². The first-order chi connectivity index (χ1) is 28.3. The fraction of sp³-hybridized carbons (Fsp3) is 0.786. The standard InChI is InChI=1S/C56H98O/c1-3-5-7-9-11-13-15-17-19-21-23-25-27-29-31-33-35-37-39-41-43-53-45-49-55(50-46-53)57-56-51-47-54(48-52-56)44-42-40-38-36-34-32-30-28-26-24-22-20-18-16-14-12-10-8-6-4-2/h45-52H,3-44H2,1-2H3. The van der Waals surface area contributed by atoms with Crippen molar-refractivity contribution in [1.82, 2.24) is 0 Å². The molecule has 0 spiro atoms. The number of ether oxygens (including phenoxy) is 1. The molecule has 0 fully saturated rings. The molecular formula is C56H98O. The first kappa shape index (κ1) is 51.4. The lowest BCUT2D eigenvalue weighted by Gasteiger charge is -2.08. The molecule has 0 aromatic heterocycles. The topological polar surface area (TPSA) is 9.23 Å². The fourth-order valence-corrected chi connectivity index (χ4v) is 8.75. The third-order valence-corrected chi connectivity index (χ3v) is 12.7. The number of benzene rings is 2. The number of unbranched alkanes of at least 4 members (excludes halogenated alkanes) is 38. The lowest BCUT2D eigenvalue weighted by Crippen LogP contribution is -1.90. The molecule has 2 aromatic carbocycles. The minimum atomic E-state index is 0.948. The van der Waals surface area contributed by atoms with Gasteiger partial charge in [0.25, 0.3) is 0 Å². The van der Waals surface area contributed by atoms with Gasteiger partial charge in [0.1, 0.15) is 11.5 Å². The van der Waals surface area contributed by atoms with Gasteiger partial charge in [0.15, 0.2) is 0 Å². The predicted octanol–water partition coefficient (Wildman–Crippen LogP) is 20.2. The van der Waals surface area contributed by atoms with Crippen molar-refractivity contribution in [2.24, 2.45) is 0 Å². The summed E-state index contributed by atoms with van der Waals surface area (Å²) in [5.74, 6) is 1.90. The zero-order chi connectivity index (χ0) is 40.4. The minimum Gasteiger partial charge on any atom is -0.457 e. The Labute approximate surface area is 358 Å². The molecule has 0 bridgehead atoms. The van der Waals surface area contributed by atoms with E-state index in [9.17, 15) is 0 Å². The molecule has 328 valence electrons. The SMILES string of the molecule is CCCCCCCCCCCCCCCCCCCCCCc1ccc(Oc2ccc(CCCCCCCCCCCCCCCCCCCCCC)cc2)cc1. The van der Waals surface area contributed by atoms with Crippen molar-refractivity contribution in [2.45, 2.75) is 284 Å². The molecule has 0 heterocycles. The normalized spacial score (nSPS) is 11.5. The molecule has 0 saturated carbocycles. The first-order valence-corrected chi connectivity index (χ1v) is 26.2. The average molecular weight is 787 g/mol. The fourth-order valence-electron chi connectivity index (χ4n) is 8.75. The monoisotopic (exact) mass is 787 g/mol. The van der Waals surface area contributed by atoms with Crippen LogP contribution in [0.25, 0.3) is 0 Å². The lowest BCUT2D eigenvalue weighted by molar-refractivity contribution is 0.482. The summed E-state index contributed by atoms with van der Waals surface area (Å²) in [5, 5.41) is 0. The predicted molar refractivity (Wildman–Crippen MR) is 256 cm³/mol. The van der Waals surface area contributed by atoms with Gasteiger partial charge in [-0.15, -0.1) is 0 Å². The van der Waals surface area contributed by atoms with Crippen LogP contribution in [-0.2, 0) is 12.8 Å². The van der Waals surface area contributed by atoms with E-state index in [1.807, 2.05) is 0 Å². The third-order valence-electron chi connectivity index (χ3n) is 12.7. The zero-order valence-electron chi connectivity index (χ0n) is 38.7. The highest BCUT2D eigenvalue weighted by Gasteiger charge is 2.02. The highest BCUT2D eigenvalue weighted by molar-refractivity contribution is 5.34. The Kier molecular flexibility index (Phi) is 37.0. The molecule has 0 radical (unpaired) electrons. The summed E-state index contributed by atoms with van der Waals surface area (Å²) in [6.45, 7) is 4.61. The number of hydrogen-bond donors (Lipinski definition) is 0. The summed E-state index contributed by atoms with van der Waals surface area (Å²) in [6, 6.07) is 17.7. The van der Waals surface area contributed by atoms with Gasteiger partial charge in [-0.25, -0.2) is 0 Å². The Morgan fingerprint density at radius 3 is 0.596 bits per heavy atom. The Bertz CT molecular complexity index is 968. The maximum absolute atomic E-state index is 6.18. The lowest BCUT2D eigenvalue weighted by atomic mass is 10.0. The molecule has 0 aliphatic heterocycles. The minimum absolute atomic E-state index is 0.948. The van der Waals surface area contributed by atoms with Gasteiger partial charge in [-0.3, -0.25) is 0 Å². The van der Waals surface area contributed by atoms with Crippen LogP contribution in [0.3, 0.4) is 0 Å². The summed E-state index contributed by atoms with van der Waals surface area (Å²) in [6.07, 6.45) is 59.9. The van der Waals surface area contributed by atoms with E-state index >= 15 is 0 Å². The van der Waals surface area contributed by atoms with E-state index in [1.54, 1.807) is 0 Å². The quantitative estimate of drug-likeness (QED) is 0.0608. The van der Waals surface area contributed by atoms with E-state index in [0.29, 0.717) is 0 Å². The molecule has 1 heteroatoms. The van der Waals surface area contributed by atoms with Crippen LogP contribution >= 0.6 is 0 Å². The summed E-state index contributed by atoms with van der Waals surface area (Å²) in [5.41, 5.74) is 2.88. The van der Waals surface area contributed by atoms with Crippen molar-refractivity contribution in [3.8, 4) is 11.5 Å². The maximum atomic E-state index is 6.18. The second-order valence-corrected chi connectivity index (χ2v) is 18.3. The molecule has 0 N–H and O–H groups in total. The van der Waals surface area contributed by atoms with Crippen LogP contribution in [0.5, 0.6) is 11.5 Å². The molecule has 0 aliphatic rings. The van der Waals surface area contributed by atoms with Gasteiger partial charge in [-0.1, -0.05) is 282 Å². The van der Waals surface area contributed by atoms with Crippen molar-refractivity contribution in [2.75, 3.05) is 0 Å². The second kappa shape index (κ2) is 41.0. The summed E-state index contributed by atoms with van der Waals surface area (Å²) < 4.78 is 6.18. The highest BCUT2D eigenvalue weighted by Crippen LogP contribution is 2.24. The molecule has 2 rings (SSSR count). The molecule has 0 saturated heterocycles. The van der Waals surface area contributed by atoms with Crippen LogP contribution in [-0.4, -0.2) is 0 Å². The van der Waals surface area contributed by atoms with Gasteiger partial charge >= 0.3 is 0 Å². The molecular weight excluding hydrogens is 689 g/mol. The van der Waals surface area contributed by atoms with Gasteiger partial charge < -0.3 is 4.74 Å². The summed E-state index contributed by atoms with van der Waals surface area (Å²) >= 11 is 0. The molecule has 1 nitrogen and oxygen atoms in total. The van der Waals surface area contributed by atoms with E-state index in [0.717, 1.165) is 11.5 Å². The van der Waals surface area contributed by atoms with E-state index in [1.165, 1.54) is 281 Å². The Hall–Kier alpha value is -1.76. The number of rotatable bonds is 44. The van der Waals surface area contributed by atoms with E-state index in [2.05, 4.69) is 62.4 Å². The third kappa shape index (κ3) is 33.7. The largest absolute Gasteiger partial charge is 0.457 e. The van der Waals surface area contributed by atoms with Crippen molar-refractivity contribution < 1.29 is 4.74 Å². The van der Waals surface area contributed by atoms with E-state index in [-0.39, 0.29) is 0 Å². The van der Waals surface area contributed by atoms with Gasteiger partial charge in [0, 0.05) is 0 Å². The van der Waals surface area contributed by atoms with Crippen molar-refractivity contribution in [3.63, 3.8) is 0 Å². The Morgan fingerprint density at radius 2 is 0.404 bits per heavy atom. The van der Waals surface area contributed by atoms with E-state index in [4.69, 9.17) is 4.74 Å². The molecule has 2 aromatic rings. The summed E-state index contributed by atoms with van der Waals surface area (Å²) in [7, 11) is 0. The molecule has 0 aliphatic carbocycles. The van der Waals surface area contributed by atoms with Gasteiger partial charge in [0.2, 0.25) is 0 Å².